The van der Waals surface area contributed by atoms with Crippen molar-refractivity contribution in [1.29, 1.82) is 0 Å². The summed E-state index contributed by atoms with van der Waals surface area (Å²) in [7, 11) is 0. The first-order valence-electron chi connectivity index (χ1n) is 7.33. The molecule has 1 N–H and O–H groups in total. The van der Waals surface area contributed by atoms with Gasteiger partial charge in [0.1, 0.15) is 5.75 Å². The Labute approximate surface area is 121 Å². The lowest BCUT2D eigenvalue weighted by Crippen LogP contribution is -2.26. The maximum atomic E-state index is 5.70. The van der Waals surface area contributed by atoms with Gasteiger partial charge in [-0.05, 0) is 49.4 Å². The molecule has 2 rings (SSSR count). The summed E-state index contributed by atoms with van der Waals surface area (Å²) < 4.78 is 5.70. The molecule has 2 nitrogen and oxygen atoms in total. The topological polar surface area (TPSA) is 21.3 Å². The number of hydrogen-bond donors (Lipinski definition) is 1. The van der Waals surface area contributed by atoms with Gasteiger partial charge in [0, 0.05) is 12.5 Å². The monoisotopic (exact) mass is 279 g/mol. The highest BCUT2D eigenvalue weighted by molar-refractivity contribution is 7.98. The molecule has 106 valence electrons. The fourth-order valence-electron chi connectivity index (χ4n) is 2.58. The number of rotatable bonds is 8. The van der Waals surface area contributed by atoms with Crippen LogP contribution in [0, 0.1) is 0 Å². The molecule has 19 heavy (non-hydrogen) atoms. The molecule has 1 unspecified atom stereocenters. The number of thioether (sulfide) groups is 1. The molecule has 0 fully saturated rings. The van der Waals surface area contributed by atoms with Crippen LogP contribution in [0.2, 0.25) is 0 Å². The Morgan fingerprint density at radius 3 is 3.05 bits per heavy atom. The second kappa shape index (κ2) is 8.49. The average Bonchev–Trinajstić information content (AvgIpc) is 2.46. The SMILES string of the molecule is CSCCCCCNCC1CCOc2ccccc21. The molecule has 0 aromatic heterocycles. The summed E-state index contributed by atoms with van der Waals surface area (Å²) >= 11 is 1.95. The number of fused-ring (bicyclic) bond motifs is 1. The average molecular weight is 279 g/mol. The van der Waals surface area contributed by atoms with E-state index < -0.39 is 0 Å². The van der Waals surface area contributed by atoms with E-state index in [1.165, 1.54) is 30.6 Å². The van der Waals surface area contributed by atoms with Gasteiger partial charge in [-0.3, -0.25) is 0 Å². The maximum absolute atomic E-state index is 5.70. The predicted octanol–water partition coefficient (Wildman–Crippen LogP) is 3.68. The third-order valence-corrected chi connectivity index (χ3v) is 4.37. The van der Waals surface area contributed by atoms with Crippen LogP contribution in [0.15, 0.2) is 24.3 Å². The summed E-state index contributed by atoms with van der Waals surface area (Å²) in [6.45, 7) is 3.09. The Morgan fingerprint density at radius 1 is 1.26 bits per heavy atom. The predicted molar refractivity (Wildman–Crippen MR) is 84.4 cm³/mol. The van der Waals surface area contributed by atoms with Gasteiger partial charge in [0.15, 0.2) is 0 Å². The molecule has 0 saturated carbocycles. The van der Waals surface area contributed by atoms with Gasteiger partial charge in [-0.15, -0.1) is 0 Å². The van der Waals surface area contributed by atoms with Crippen LogP contribution in [0.5, 0.6) is 5.75 Å². The highest BCUT2D eigenvalue weighted by atomic mass is 32.2. The molecule has 1 aromatic carbocycles. The molecule has 1 aromatic rings. The van der Waals surface area contributed by atoms with E-state index in [0.717, 1.165) is 31.9 Å². The van der Waals surface area contributed by atoms with Crippen LogP contribution in [0.3, 0.4) is 0 Å². The van der Waals surface area contributed by atoms with Gasteiger partial charge < -0.3 is 10.1 Å². The van der Waals surface area contributed by atoms with Crippen molar-refractivity contribution >= 4 is 11.8 Å². The zero-order valence-electron chi connectivity index (χ0n) is 11.9. The molecule has 0 spiro atoms. The van der Waals surface area contributed by atoms with Gasteiger partial charge in [0.2, 0.25) is 0 Å². The molecular formula is C16H25NOS. The van der Waals surface area contributed by atoms with E-state index in [0.29, 0.717) is 5.92 Å². The minimum Gasteiger partial charge on any atom is -0.493 e. The van der Waals surface area contributed by atoms with Crippen LogP contribution >= 0.6 is 11.8 Å². The van der Waals surface area contributed by atoms with Crippen LogP contribution in [0.1, 0.15) is 37.2 Å². The fourth-order valence-corrected chi connectivity index (χ4v) is 3.07. The van der Waals surface area contributed by atoms with E-state index in [2.05, 4.69) is 35.8 Å². The third kappa shape index (κ3) is 4.73. The summed E-state index contributed by atoms with van der Waals surface area (Å²) in [5.41, 5.74) is 1.38. The summed E-state index contributed by atoms with van der Waals surface area (Å²) in [5, 5.41) is 3.61. The van der Waals surface area contributed by atoms with Crippen LogP contribution in [0.4, 0.5) is 0 Å². The number of benzene rings is 1. The lowest BCUT2D eigenvalue weighted by molar-refractivity contribution is 0.264. The number of nitrogens with one attached hydrogen (secondary N) is 1. The van der Waals surface area contributed by atoms with Crippen molar-refractivity contribution in [3.63, 3.8) is 0 Å². The van der Waals surface area contributed by atoms with Crippen molar-refractivity contribution in [2.24, 2.45) is 0 Å². The Bertz CT molecular complexity index is 370. The fraction of sp³-hybridized carbons (Fsp3) is 0.625. The van der Waals surface area contributed by atoms with Gasteiger partial charge in [-0.25, -0.2) is 0 Å². The Balaban J connectivity index is 1.67. The summed E-state index contributed by atoms with van der Waals surface area (Å²) in [4.78, 5) is 0. The van der Waals surface area contributed by atoms with Crippen molar-refractivity contribution in [1.82, 2.24) is 5.32 Å². The Kier molecular flexibility index (Phi) is 6.58. The number of ether oxygens (including phenoxy) is 1. The van der Waals surface area contributed by atoms with Crippen LogP contribution in [-0.4, -0.2) is 31.7 Å². The second-order valence-corrected chi connectivity index (χ2v) is 6.12. The number of unbranched alkanes of at least 4 members (excludes halogenated alkanes) is 2. The number of hydrogen-bond acceptors (Lipinski definition) is 3. The number of para-hydroxylation sites is 1. The van der Waals surface area contributed by atoms with E-state index >= 15 is 0 Å². The van der Waals surface area contributed by atoms with Gasteiger partial charge >= 0.3 is 0 Å². The molecule has 0 aliphatic carbocycles. The molecular weight excluding hydrogens is 254 g/mol. The van der Waals surface area contributed by atoms with Crippen LogP contribution in [0.25, 0.3) is 0 Å². The maximum Gasteiger partial charge on any atom is 0.122 e. The van der Waals surface area contributed by atoms with Crippen molar-refractivity contribution in [3.05, 3.63) is 29.8 Å². The van der Waals surface area contributed by atoms with Gasteiger partial charge in [0.05, 0.1) is 6.61 Å². The third-order valence-electron chi connectivity index (χ3n) is 3.68. The lowest BCUT2D eigenvalue weighted by atomic mass is 9.93. The zero-order valence-corrected chi connectivity index (χ0v) is 12.7. The zero-order chi connectivity index (χ0) is 13.3. The molecule has 1 atom stereocenters. The minimum atomic E-state index is 0.621. The van der Waals surface area contributed by atoms with Gasteiger partial charge in [-0.1, -0.05) is 24.6 Å². The normalized spacial score (nSPS) is 17.8. The Hall–Kier alpha value is -0.670. The molecule has 1 aliphatic heterocycles. The largest absolute Gasteiger partial charge is 0.493 e. The first-order chi connectivity index (χ1) is 9.42. The van der Waals surface area contributed by atoms with Crippen LogP contribution < -0.4 is 10.1 Å². The minimum absolute atomic E-state index is 0.621. The van der Waals surface area contributed by atoms with Gasteiger partial charge in [-0.2, -0.15) is 11.8 Å². The molecule has 1 aliphatic rings. The van der Waals surface area contributed by atoms with Crippen LogP contribution in [-0.2, 0) is 0 Å². The lowest BCUT2D eigenvalue weighted by Gasteiger charge is -2.26. The van der Waals surface area contributed by atoms with E-state index in [1.807, 2.05) is 11.8 Å². The molecule has 3 heteroatoms. The van der Waals surface area contributed by atoms with E-state index in [-0.39, 0.29) is 0 Å². The highest BCUT2D eigenvalue weighted by Gasteiger charge is 2.20. The second-order valence-electron chi connectivity index (χ2n) is 5.13. The molecule has 0 bridgehead atoms. The summed E-state index contributed by atoms with van der Waals surface area (Å²) in [6.07, 6.45) is 7.31. The first-order valence-corrected chi connectivity index (χ1v) is 8.72. The van der Waals surface area contributed by atoms with E-state index in [4.69, 9.17) is 4.74 Å². The first kappa shape index (κ1) is 14.7. The van der Waals surface area contributed by atoms with Crippen molar-refractivity contribution in [3.8, 4) is 5.75 Å². The van der Waals surface area contributed by atoms with Gasteiger partial charge in [0.25, 0.3) is 0 Å². The van der Waals surface area contributed by atoms with Crippen molar-refractivity contribution in [2.45, 2.75) is 31.6 Å². The van der Waals surface area contributed by atoms with E-state index in [1.54, 1.807) is 0 Å². The van der Waals surface area contributed by atoms with E-state index in [9.17, 15) is 0 Å². The standard InChI is InChI=1S/C16H25NOS/c1-19-12-6-2-5-10-17-13-14-9-11-18-16-8-4-3-7-15(14)16/h3-4,7-8,14,17H,2,5-6,9-13H2,1H3. The quantitative estimate of drug-likeness (QED) is 0.734. The smallest absolute Gasteiger partial charge is 0.122 e. The molecule has 0 saturated heterocycles. The van der Waals surface area contributed by atoms with Crippen molar-refractivity contribution < 1.29 is 4.74 Å². The Morgan fingerprint density at radius 2 is 2.16 bits per heavy atom. The molecule has 1 heterocycles. The van der Waals surface area contributed by atoms with Crippen molar-refractivity contribution in [2.75, 3.05) is 31.7 Å². The summed E-state index contributed by atoms with van der Waals surface area (Å²) in [6, 6.07) is 8.46. The highest BCUT2D eigenvalue weighted by Crippen LogP contribution is 2.32. The summed E-state index contributed by atoms with van der Waals surface area (Å²) in [5.74, 6) is 3.00. The molecule has 0 amide bonds. The molecule has 0 radical (unpaired) electrons.